The molecular formula is C18H24ClN3O6S. The summed E-state index contributed by atoms with van der Waals surface area (Å²) in [6, 6.07) is 4.68. The monoisotopic (exact) mass is 445 g/mol. The van der Waals surface area contributed by atoms with Crippen LogP contribution in [0.4, 0.5) is 10.5 Å². The van der Waals surface area contributed by atoms with Gasteiger partial charge in [0.25, 0.3) is 5.91 Å². The molecule has 0 radical (unpaired) electrons. The number of hydrogen-bond acceptors (Lipinski definition) is 6. The summed E-state index contributed by atoms with van der Waals surface area (Å²) in [6.45, 7) is 3.62. The van der Waals surface area contributed by atoms with Crippen LogP contribution in [0, 0.1) is 0 Å². The van der Waals surface area contributed by atoms with E-state index in [1.165, 1.54) is 10.4 Å². The lowest BCUT2D eigenvalue weighted by molar-refractivity contribution is -0.140. The Morgan fingerprint density at radius 1 is 1.17 bits per heavy atom. The van der Waals surface area contributed by atoms with E-state index in [1.54, 1.807) is 28.9 Å². The van der Waals surface area contributed by atoms with E-state index >= 15 is 0 Å². The Bertz CT molecular complexity index is 886. The third-order valence-electron chi connectivity index (χ3n) is 4.85. The molecule has 2 aliphatic heterocycles. The number of piperazine rings is 1. The normalized spacial score (nSPS) is 19.8. The van der Waals surface area contributed by atoms with Gasteiger partial charge in [-0.3, -0.25) is 9.10 Å². The Hall–Kier alpha value is -2.20. The van der Waals surface area contributed by atoms with Gasteiger partial charge in [-0.1, -0.05) is 11.6 Å². The highest BCUT2D eigenvalue weighted by atomic mass is 35.5. The molecule has 3 rings (SSSR count). The average molecular weight is 446 g/mol. The molecule has 2 aliphatic rings. The van der Waals surface area contributed by atoms with E-state index in [2.05, 4.69) is 0 Å². The van der Waals surface area contributed by atoms with E-state index in [0.29, 0.717) is 49.2 Å². The molecule has 160 valence electrons. The van der Waals surface area contributed by atoms with Crippen molar-refractivity contribution in [2.24, 2.45) is 0 Å². The maximum atomic E-state index is 13.0. The number of benzene rings is 1. The van der Waals surface area contributed by atoms with Crippen molar-refractivity contribution in [3.05, 3.63) is 23.2 Å². The molecule has 29 heavy (non-hydrogen) atoms. The van der Waals surface area contributed by atoms with Gasteiger partial charge in [0.05, 0.1) is 18.6 Å². The predicted octanol–water partition coefficient (Wildman–Crippen LogP) is 1.56. The van der Waals surface area contributed by atoms with Crippen molar-refractivity contribution in [1.29, 1.82) is 0 Å². The number of nitrogens with zero attached hydrogens (tertiary/aromatic N) is 3. The minimum Gasteiger partial charge on any atom is -0.478 e. The van der Waals surface area contributed by atoms with Crippen molar-refractivity contribution in [3.63, 3.8) is 0 Å². The third kappa shape index (κ3) is 4.87. The van der Waals surface area contributed by atoms with Gasteiger partial charge in [-0.25, -0.2) is 13.2 Å². The number of amides is 2. The van der Waals surface area contributed by atoms with Crippen LogP contribution >= 0.6 is 11.6 Å². The van der Waals surface area contributed by atoms with Crippen molar-refractivity contribution in [3.8, 4) is 5.75 Å². The molecule has 11 heteroatoms. The van der Waals surface area contributed by atoms with Crippen LogP contribution in [0.25, 0.3) is 0 Å². The minimum absolute atomic E-state index is 0.103. The fourth-order valence-corrected chi connectivity index (χ4v) is 4.50. The van der Waals surface area contributed by atoms with E-state index in [9.17, 15) is 18.0 Å². The smallest absolute Gasteiger partial charge is 0.409 e. The first-order chi connectivity index (χ1) is 13.7. The largest absolute Gasteiger partial charge is 0.478 e. The summed E-state index contributed by atoms with van der Waals surface area (Å²) >= 11 is 6.03. The maximum Gasteiger partial charge on any atom is 0.409 e. The molecule has 1 unspecified atom stereocenters. The molecule has 1 aromatic carbocycles. The zero-order valence-corrected chi connectivity index (χ0v) is 17.9. The lowest BCUT2D eigenvalue weighted by atomic mass is 10.2. The van der Waals surface area contributed by atoms with Crippen LogP contribution in [0.3, 0.4) is 0 Å². The highest BCUT2D eigenvalue weighted by molar-refractivity contribution is 7.92. The van der Waals surface area contributed by atoms with Crippen LogP contribution in [0.5, 0.6) is 5.75 Å². The van der Waals surface area contributed by atoms with E-state index in [0.717, 1.165) is 6.26 Å². The third-order valence-corrected chi connectivity index (χ3v) is 6.26. The Morgan fingerprint density at radius 3 is 2.45 bits per heavy atom. The van der Waals surface area contributed by atoms with Gasteiger partial charge in [0.15, 0.2) is 6.10 Å². The van der Waals surface area contributed by atoms with Crippen molar-refractivity contribution in [2.45, 2.75) is 19.4 Å². The molecule has 1 fully saturated rings. The molecule has 0 spiro atoms. The van der Waals surface area contributed by atoms with Gasteiger partial charge in [-0.15, -0.1) is 0 Å². The van der Waals surface area contributed by atoms with E-state index in [4.69, 9.17) is 21.1 Å². The summed E-state index contributed by atoms with van der Waals surface area (Å²) in [5, 5.41) is 0.376. The Balaban J connectivity index is 1.73. The molecule has 0 N–H and O–H groups in total. The molecule has 9 nitrogen and oxygen atoms in total. The standard InChI is InChI=1S/C18H24ClN3O6S/c1-3-27-18(24)21-10-8-20(9-11-21)17(23)16-6-7-22(29(2,25)26)14-12-13(19)4-5-15(14)28-16/h4-5,12,16H,3,6-11H2,1-2H3. The molecular weight excluding hydrogens is 422 g/mol. The van der Waals surface area contributed by atoms with Crippen LogP contribution in [0.2, 0.25) is 5.02 Å². The van der Waals surface area contributed by atoms with Crippen molar-refractivity contribution < 1.29 is 27.5 Å². The number of carbonyl (C=O) groups excluding carboxylic acids is 2. The van der Waals surface area contributed by atoms with Gasteiger partial charge in [0, 0.05) is 44.2 Å². The van der Waals surface area contributed by atoms with Gasteiger partial charge in [0.1, 0.15) is 5.75 Å². The number of ether oxygens (including phenoxy) is 2. The highest BCUT2D eigenvalue weighted by Crippen LogP contribution is 2.36. The summed E-state index contributed by atoms with van der Waals surface area (Å²) < 4.78 is 36.6. The molecule has 1 aromatic rings. The number of rotatable bonds is 3. The molecule has 2 heterocycles. The van der Waals surface area contributed by atoms with Gasteiger partial charge in [0.2, 0.25) is 10.0 Å². The lowest BCUT2D eigenvalue weighted by Gasteiger charge is -2.35. The molecule has 0 bridgehead atoms. The predicted molar refractivity (Wildman–Crippen MR) is 108 cm³/mol. The van der Waals surface area contributed by atoms with Crippen molar-refractivity contribution in [2.75, 3.05) is 49.9 Å². The zero-order chi connectivity index (χ0) is 21.2. The van der Waals surface area contributed by atoms with Crippen LogP contribution in [0.15, 0.2) is 18.2 Å². The summed E-state index contributed by atoms with van der Waals surface area (Å²) in [4.78, 5) is 28.0. The van der Waals surface area contributed by atoms with Crippen molar-refractivity contribution in [1.82, 2.24) is 9.80 Å². The number of sulfonamides is 1. The topological polar surface area (TPSA) is 96.5 Å². The van der Waals surface area contributed by atoms with Gasteiger partial charge in [-0.05, 0) is 25.1 Å². The van der Waals surface area contributed by atoms with Gasteiger partial charge < -0.3 is 19.3 Å². The minimum atomic E-state index is -3.56. The fraction of sp³-hybridized carbons (Fsp3) is 0.556. The van der Waals surface area contributed by atoms with Crippen molar-refractivity contribution >= 4 is 39.3 Å². The Labute approximate surface area is 175 Å². The Kier molecular flexibility index (Phi) is 6.42. The maximum absolute atomic E-state index is 13.0. The number of anilines is 1. The highest BCUT2D eigenvalue weighted by Gasteiger charge is 2.35. The summed E-state index contributed by atoms with van der Waals surface area (Å²) in [5.74, 6) is 0.0607. The molecule has 1 saturated heterocycles. The van der Waals surface area contributed by atoms with Crippen LogP contribution in [0.1, 0.15) is 13.3 Å². The molecule has 2 amide bonds. The van der Waals surface area contributed by atoms with Gasteiger partial charge >= 0.3 is 6.09 Å². The van der Waals surface area contributed by atoms with E-state index in [-0.39, 0.29) is 25.0 Å². The SMILES string of the molecule is CCOC(=O)N1CCN(C(=O)C2CCN(S(C)(=O)=O)c3cc(Cl)ccc3O2)CC1. The van der Waals surface area contributed by atoms with Crippen LogP contribution in [-0.2, 0) is 19.6 Å². The quantitative estimate of drug-likeness (QED) is 0.700. The molecule has 0 aliphatic carbocycles. The number of fused-ring (bicyclic) bond motifs is 1. The van der Waals surface area contributed by atoms with Crippen LogP contribution in [-0.4, -0.2) is 81.9 Å². The Morgan fingerprint density at radius 2 is 1.83 bits per heavy atom. The fourth-order valence-electron chi connectivity index (χ4n) is 3.40. The second-order valence-corrected chi connectivity index (χ2v) is 9.20. The first kappa shape index (κ1) is 21.5. The van der Waals surface area contributed by atoms with E-state index in [1.807, 2.05) is 0 Å². The number of hydrogen-bond donors (Lipinski definition) is 0. The van der Waals surface area contributed by atoms with E-state index < -0.39 is 16.1 Å². The first-order valence-electron chi connectivity index (χ1n) is 9.35. The average Bonchev–Trinajstić information content (AvgIpc) is 2.87. The zero-order valence-electron chi connectivity index (χ0n) is 16.3. The molecule has 0 saturated carbocycles. The number of halogens is 1. The van der Waals surface area contributed by atoms with Gasteiger partial charge in [-0.2, -0.15) is 0 Å². The summed E-state index contributed by atoms with van der Waals surface area (Å²) in [6.07, 6.45) is 0.0980. The first-order valence-corrected chi connectivity index (χ1v) is 11.6. The lowest BCUT2D eigenvalue weighted by Crippen LogP contribution is -2.54. The summed E-state index contributed by atoms with van der Waals surface area (Å²) in [5.41, 5.74) is 0.322. The number of carbonyl (C=O) groups is 2. The molecule has 0 aromatic heterocycles. The second-order valence-electron chi connectivity index (χ2n) is 6.85. The summed E-state index contributed by atoms with van der Waals surface area (Å²) in [7, 11) is -3.56. The second kappa shape index (κ2) is 8.66. The van der Waals surface area contributed by atoms with Crippen LogP contribution < -0.4 is 9.04 Å². The molecule has 1 atom stereocenters.